The van der Waals surface area contributed by atoms with Crippen molar-refractivity contribution in [2.45, 2.75) is 6.61 Å². The molecular weight excluding hydrogens is 261 g/mol. The molecule has 2 aromatic rings. The Morgan fingerprint density at radius 1 is 1.12 bits per heavy atom. The van der Waals surface area contributed by atoms with Crippen molar-refractivity contribution in [2.24, 2.45) is 0 Å². The monoisotopic (exact) mass is 269 g/mol. The van der Waals surface area contributed by atoms with Gasteiger partial charge in [0.25, 0.3) is 0 Å². The minimum atomic E-state index is -0.125. The zero-order valence-electron chi connectivity index (χ0n) is 8.69. The normalized spacial score (nSPS) is 10.3. The largest absolute Gasteiger partial charge is 0.390 e. The van der Waals surface area contributed by atoms with Crippen LogP contribution in [-0.4, -0.2) is 15.1 Å². The summed E-state index contributed by atoms with van der Waals surface area (Å²) in [7, 11) is 0. The summed E-state index contributed by atoms with van der Waals surface area (Å²) in [5.41, 5.74) is 1.29. The maximum atomic E-state index is 8.83. The second-order valence-corrected chi connectivity index (χ2v) is 4.12. The highest BCUT2D eigenvalue weighted by Gasteiger charge is 2.01. The Morgan fingerprint density at radius 3 is 2.53 bits per heavy atom. The van der Waals surface area contributed by atoms with Crippen molar-refractivity contribution in [1.82, 2.24) is 9.97 Å². The molecule has 0 amide bonds. The van der Waals surface area contributed by atoms with Gasteiger partial charge in [0.1, 0.15) is 5.82 Å². The minimum Gasteiger partial charge on any atom is -0.390 e. The minimum absolute atomic E-state index is 0.125. The third kappa shape index (κ3) is 3.06. The number of aliphatic hydroxyl groups excluding tert-OH is 1. The molecule has 0 aliphatic heterocycles. The van der Waals surface area contributed by atoms with Crippen LogP contribution in [-0.2, 0) is 6.61 Å². The van der Waals surface area contributed by atoms with E-state index in [0.29, 0.717) is 21.6 Å². The lowest BCUT2D eigenvalue weighted by molar-refractivity contribution is 0.276. The fourth-order valence-corrected chi connectivity index (χ4v) is 1.52. The first-order valence-corrected chi connectivity index (χ1v) is 5.58. The van der Waals surface area contributed by atoms with E-state index in [-0.39, 0.29) is 6.61 Å². The highest BCUT2D eigenvalue weighted by molar-refractivity contribution is 6.42. The van der Waals surface area contributed by atoms with Crippen molar-refractivity contribution in [2.75, 3.05) is 5.32 Å². The van der Waals surface area contributed by atoms with Gasteiger partial charge in [-0.15, -0.1) is 0 Å². The van der Waals surface area contributed by atoms with E-state index in [1.54, 1.807) is 18.2 Å². The summed E-state index contributed by atoms with van der Waals surface area (Å²) in [6, 6.07) is 5.18. The second kappa shape index (κ2) is 5.31. The molecule has 2 N–H and O–H groups in total. The molecule has 0 saturated heterocycles. The van der Waals surface area contributed by atoms with Crippen LogP contribution in [0.1, 0.15) is 5.69 Å². The average molecular weight is 270 g/mol. The standard InChI is InChI=1S/C11H9Cl2N3O/c12-9-2-1-7(3-10(9)13)16-11-5-14-8(6-17)4-15-11/h1-5,17H,6H2,(H,15,16). The van der Waals surface area contributed by atoms with Crippen molar-refractivity contribution in [3.05, 3.63) is 46.3 Å². The molecule has 0 unspecified atom stereocenters. The van der Waals surface area contributed by atoms with E-state index in [1.165, 1.54) is 12.4 Å². The molecule has 17 heavy (non-hydrogen) atoms. The number of halogens is 2. The molecule has 0 saturated carbocycles. The number of hydrogen-bond donors (Lipinski definition) is 2. The van der Waals surface area contributed by atoms with Crippen LogP contribution >= 0.6 is 23.2 Å². The van der Waals surface area contributed by atoms with Gasteiger partial charge in [-0.05, 0) is 18.2 Å². The highest BCUT2D eigenvalue weighted by Crippen LogP contribution is 2.26. The number of aliphatic hydroxyl groups is 1. The molecular formula is C11H9Cl2N3O. The van der Waals surface area contributed by atoms with Crippen LogP contribution in [0.15, 0.2) is 30.6 Å². The van der Waals surface area contributed by atoms with Gasteiger partial charge in [0.05, 0.1) is 34.7 Å². The molecule has 1 aromatic carbocycles. The van der Waals surface area contributed by atoms with Crippen molar-refractivity contribution in [3.63, 3.8) is 0 Å². The predicted octanol–water partition coefficient (Wildman–Crippen LogP) is 3.02. The zero-order chi connectivity index (χ0) is 12.3. The lowest BCUT2D eigenvalue weighted by atomic mass is 10.3. The maximum Gasteiger partial charge on any atom is 0.148 e. The molecule has 0 spiro atoms. The molecule has 88 valence electrons. The van der Waals surface area contributed by atoms with Gasteiger partial charge in [-0.25, -0.2) is 4.98 Å². The molecule has 0 aliphatic carbocycles. The molecule has 0 bridgehead atoms. The summed E-state index contributed by atoms with van der Waals surface area (Å²) in [6.45, 7) is -0.125. The van der Waals surface area contributed by atoms with Gasteiger partial charge in [-0.2, -0.15) is 0 Å². The molecule has 0 aliphatic rings. The molecule has 6 heteroatoms. The van der Waals surface area contributed by atoms with Crippen LogP contribution in [0, 0.1) is 0 Å². The Hall–Kier alpha value is -1.36. The quantitative estimate of drug-likeness (QED) is 0.900. The van der Waals surface area contributed by atoms with E-state index >= 15 is 0 Å². The van der Waals surface area contributed by atoms with E-state index in [4.69, 9.17) is 28.3 Å². The molecule has 1 heterocycles. The van der Waals surface area contributed by atoms with Crippen molar-refractivity contribution >= 4 is 34.7 Å². The first-order valence-electron chi connectivity index (χ1n) is 4.83. The summed E-state index contributed by atoms with van der Waals surface area (Å²) >= 11 is 11.7. The molecule has 2 rings (SSSR count). The van der Waals surface area contributed by atoms with Crippen LogP contribution in [0.4, 0.5) is 11.5 Å². The maximum absolute atomic E-state index is 8.83. The average Bonchev–Trinajstić information content (AvgIpc) is 2.35. The number of nitrogens with zero attached hydrogens (tertiary/aromatic N) is 2. The SMILES string of the molecule is OCc1cnc(Nc2ccc(Cl)c(Cl)c2)cn1. The van der Waals surface area contributed by atoms with Gasteiger partial charge in [-0.3, -0.25) is 4.98 Å². The predicted molar refractivity (Wildman–Crippen MR) is 67.7 cm³/mol. The highest BCUT2D eigenvalue weighted by atomic mass is 35.5. The Bertz CT molecular complexity index is 517. The summed E-state index contributed by atoms with van der Waals surface area (Å²) in [5.74, 6) is 0.570. The number of rotatable bonds is 3. The van der Waals surface area contributed by atoms with Crippen LogP contribution < -0.4 is 5.32 Å². The Kier molecular flexibility index (Phi) is 3.78. The molecule has 0 fully saturated rings. The fourth-order valence-electron chi connectivity index (χ4n) is 1.22. The first kappa shape index (κ1) is 12.1. The molecule has 4 nitrogen and oxygen atoms in total. The lowest BCUT2D eigenvalue weighted by Gasteiger charge is -2.06. The fraction of sp³-hybridized carbons (Fsp3) is 0.0909. The Balaban J connectivity index is 2.16. The third-order valence-corrected chi connectivity index (χ3v) is 2.80. The van der Waals surface area contributed by atoms with Crippen molar-refractivity contribution in [3.8, 4) is 0 Å². The van der Waals surface area contributed by atoms with Crippen LogP contribution in [0.5, 0.6) is 0 Å². The number of nitrogens with one attached hydrogen (secondary N) is 1. The van der Waals surface area contributed by atoms with Gasteiger partial charge >= 0.3 is 0 Å². The van der Waals surface area contributed by atoms with Gasteiger partial charge < -0.3 is 10.4 Å². The van der Waals surface area contributed by atoms with Crippen LogP contribution in [0.2, 0.25) is 10.0 Å². The van der Waals surface area contributed by atoms with E-state index in [0.717, 1.165) is 5.69 Å². The van der Waals surface area contributed by atoms with E-state index in [9.17, 15) is 0 Å². The van der Waals surface area contributed by atoms with Gasteiger partial charge in [-0.1, -0.05) is 23.2 Å². The van der Waals surface area contributed by atoms with Gasteiger partial charge in [0.2, 0.25) is 0 Å². The molecule has 0 radical (unpaired) electrons. The number of benzene rings is 1. The van der Waals surface area contributed by atoms with Crippen LogP contribution in [0.3, 0.4) is 0 Å². The van der Waals surface area contributed by atoms with Crippen molar-refractivity contribution in [1.29, 1.82) is 0 Å². The summed E-state index contributed by atoms with van der Waals surface area (Å²) < 4.78 is 0. The van der Waals surface area contributed by atoms with E-state index in [2.05, 4.69) is 15.3 Å². The number of anilines is 2. The van der Waals surface area contributed by atoms with Gasteiger partial charge in [0.15, 0.2) is 0 Å². The lowest BCUT2D eigenvalue weighted by Crippen LogP contribution is -1.97. The summed E-state index contributed by atoms with van der Waals surface area (Å²) in [5, 5.41) is 12.8. The zero-order valence-corrected chi connectivity index (χ0v) is 10.2. The summed E-state index contributed by atoms with van der Waals surface area (Å²) in [4.78, 5) is 8.09. The molecule has 0 atom stereocenters. The Morgan fingerprint density at radius 2 is 1.94 bits per heavy atom. The van der Waals surface area contributed by atoms with Crippen molar-refractivity contribution < 1.29 is 5.11 Å². The van der Waals surface area contributed by atoms with E-state index in [1.807, 2.05) is 0 Å². The Labute approximate surface area is 108 Å². The number of hydrogen-bond acceptors (Lipinski definition) is 4. The first-order chi connectivity index (χ1) is 8.19. The van der Waals surface area contributed by atoms with Gasteiger partial charge in [0, 0.05) is 5.69 Å². The van der Waals surface area contributed by atoms with Crippen LogP contribution in [0.25, 0.3) is 0 Å². The molecule has 1 aromatic heterocycles. The smallest absolute Gasteiger partial charge is 0.148 e. The number of aromatic nitrogens is 2. The topological polar surface area (TPSA) is 58.0 Å². The summed E-state index contributed by atoms with van der Waals surface area (Å²) in [6.07, 6.45) is 3.04. The second-order valence-electron chi connectivity index (χ2n) is 3.30. The third-order valence-electron chi connectivity index (χ3n) is 2.06. The van der Waals surface area contributed by atoms with E-state index < -0.39 is 0 Å².